The van der Waals surface area contributed by atoms with Gasteiger partial charge in [0.05, 0.1) is 38.1 Å². The van der Waals surface area contributed by atoms with Gasteiger partial charge in [-0.1, -0.05) is 13.3 Å². The zero-order valence-corrected chi connectivity index (χ0v) is 24.1. The summed E-state index contributed by atoms with van der Waals surface area (Å²) in [5, 5.41) is 126. The molecule has 258 valence electrons. The molecule has 44 heavy (non-hydrogen) atoms. The van der Waals surface area contributed by atoms with Gasteiger partial charge in [0.2, 0.25) is 5.91 Å². The van der Waals surface area contributed by atoms with Crippen LogP contribution in [0, 0.1) is 0 Å². The average Bonchev–Trinajstić information content (AvgIpc) is 2.98. The van der Waals surface area contributed by atoms with Crippen molar-refractivity contribution in [2.24, 2.45) is 0 Å². The van der Waals surface area contributed by atoms with E-state index in [0.29, 0.717) is 6.42 Å². The van der Waals surface area contributed by atoms with Gasteiger partial charge in [-0.3, -0.25) is 4.79 Å². The number of aliphatic hydroxyl groups excluding tert-OH is 11. The van der Waals surface area contributed by atoms with Crippen LogP contribution in [0.3, 0.4) is 0 Å². The Labute approximate surface area is 251 Å². The lowest BCUT2D eigenvalue weighted by Crippen LogP contribution is -2.70. The van der Waals surface area contributed by atoms with Crippen LogP contribution in [-0.2, 0) is 28.5 Å². The number of nitrogens with one attached hydrogen (secondary N) is 1. The molecular weight excluding hydrogens is 602 g/mol. The highest BCUT2D eigenvalue weighted by molar-refractivity contribution is 5.76. The SMILES string of the molecule is CCCC(O)[C@@H](O)[C@H](O[C@@H]1OC(CO)[C@H](O)[C@H](O[C@]2(C(=O)O)C[C@@H](O)[C@@H](NC(C)=O)C([C@H](O)[C@H](O)CO)O2)C1O)C(O)CO. The van der Waals surface area contributed by atoms with E-state index in [9.17, 15) is 70.9 Å². The standard InChI is InChI=1S/C25H45NO18/c1-3-4-10(31)16(35)20(13(34)7-28)42-23-19(38)22(18(37)14(8-29)41-23)44-25(24(39)40)5-11(32)15(26-9(2)30)21(43-25)17(36)12(33)6-27/h10-23,27-29,31-38H,3-8H2,1-2H3,(H,26,30)(H,39,40)/t10?,11-,12-,13?,14?,15-,16-,17-,18+,19?,20-,21?,22+,23+,25+/m1/s1. The number of ether oxygens (including phenoxy) is 4. The van der Waals surface area contributed by atoms with Crippen molar-refractivity contribution in [2.45, 2.75) is 124 Å². The number of aliphatic hydroxyl groups is 11. The summed E-state index contributed by atoms with van der Waals surface area (Å²) < 4.78 is 21.9. The molecule has 1 amide bonds. The van der Waals surface area contributed by atoms with E-state index < -0.39 is 129 Å². The van der Waals surface area contributed by atoms with Gasteiger partial charge < -0.3 is 85.5 Å². The normalized spacial score (nSPS) is 36.9. The molecule has 0 radical (unpaired) electrons. The summed E-state index contributed by atoms with van der Waals surface area (Å²) in [6.07, 6.45) is -25.4. The average molecular weight is 648 g/mol. The molecule has 0 spiro atoms. The molecule has 15 atom stereocenters. The van der Waals surface area contributed by atoms with E-state index in [1.807, 2.05) is 0 Å². The van der Waals surface area contributed by atoms with Crippen molar-refractivity contribution in [1.82, 2.24) is 5.32 Å². The fraction of sp³-hybridized carbons (Fsp3) is 0.920. The van der Waals surface area contributed by atoms with Gasteiger partial charge in [-0.25, -0.2) is 4.79 Å². The number of aliphatic carboxylic acids is 1. The van der Waals surface area contributed by atoms with Crippen molar-refractivity contribution in [3.63, 3.8) is 0 Å². The molecule has 5 unspecified atom stereocenters. The first-order valence-electron chi connectivity index (χ1n) is 14.0. The predicted octanol–water partition coefficient (Wildman–Crippen LogP) is -6.78. The third kappa shape index (κ3) is 8.78. The van der Waals surface area contributed by atoms with E-state index in [0.717, 1.165) is 6.92 Å². The molecule has 2 fully saturated rings. The lowest BCUT2D eigenvalue weighted by molar-refractivity contribution is -0.377. The van der Waals surface area contributed by atoms with E-state index in [4.69, 9.17) is 18.9 Å². The number of rotatable bonds is 16. The van der Waals surface area contributed by atoms with Crippen molar-refractivity contribution in [3.8, 4) is 0 Å². The van der Waals surface area contributed by atoms with Crippen LogP contribution in [0.4, 0.5) is 0 Å². The third-order valence-electron chi connectivity index (χ3n) is 7.51. The number of hydrogen-bond acceptors (Lipinski definition) is 17. The molecule has 0 bridgehead atoms. The Balaban J connectivity index is 2.48. The topological polar surface area (TPSA) is 326 Å². The summed E-state index contributed by atoms with van der Waals surface area (Å²) in [6, 6.07) is -1.54. The summed E-state index contributed by atoms with van der Waals surface area (Å²) in [7, 11) is 0. The highest BCUT2D eigenvalue weighted by Crippen LogP contribution is 2.37. The van der Waals surface area contributed by atoms with Gasteiger partial charge in [0.25, 0.3) is 5.79 Å². The van der Waals surface area contributed by atoms with E-state index >= 15 is 0 Å². The second kappa shape index (κ2) is 16.8. The van der Waals surface area contributed by atoms with Gasteiger partial charge in [-0.15, -0.1) is 0 Å². The number of amides is 1. The first-order chi connectivity index (χ1) is 20.6. The highest BCUT2D eigenvalue weighted by atomic mass is 16.8. The Morgan fingerprint density at radius 1 is 0.977 bits per heavy atom. The van der Waals surface area contributed by atoms with Gasteiger partial charge >= 0.3 is 5.97 Å². The number of carboxylic acids is 1. The molecule has 0 saturated carbocycles. The fourth-order valence-corrected chi connectivity index (χ4v) is 5.12. The van der Waals surface area contributed by atoms with Gasteiger partial charge in [0.1, 0.15) is 61.0 Å². The minimum atomic E-state index is -3.02. The quantitative estimate of drug-likeness (QED) is 0.0740. The van der Waals surface area contributed by atoms with Crippen molar-refractivity contribution in [2.75, 3.05) is 19.8 Å². The van der Waals surface area contributed by atoms with Crippen LogP contribution in [-0.4, -0.2) is 184 Å². The molecule has 19 nitrogen and oxygen atoms in total. The predicted molar refractivity (Wildman–Crippen MR) is 140 cm³/mol. The first kappa shape index (κ1) is 38.5. The summed E-state index contributed by atoms with van der Waals surface area (Å²) in [6.45, 7) is -0.273. The minimum absolute atomic E-state index is 0.0369. The van der Waals surface area contributed by atoms with Crippen LogP contribution in [0.25, 0.3) is 0 Å². The van der Waals surface area contributed by atoms with Crippen molar-refractivity contribution < 1.29 is 89.8 Å². The Morgan fingerprint density at radius 3 is 2.09 bits per heavy atom. The van der Waals surface area contributed by atoms with Crippen LogP contribution < -0.4 is 5.32 Å². The maximum absolute atomic E-state index is 12.6. The lowest BCUT2D eigenvalue weighted by Gasteiger charge is -2.50. The molecule has 2 aliphatic rings. The van der Waals surface area contributed by atoms with E-state index in [1.54, 1.807) is 6.92 Å². The summed E-state index contributed by atoms with van der Waals surface area (Å²) in [4.78, 5) is 24.3. The zero-order valence-electron chi connectivity index (χ0n) is 24.1. The Morgan fingerprint density at radius 2 is 1.59 bits per heavy atom. The van der Waals surface area contributed by atoms with Crippen LogP contribution in [0.5, 0.6) is 0 Å². The molecule has 2 heterocycles. The number of carbonyl (C=O) groups is 2. The maximum atomic E-state index is 12.6. The Kier molecular flexibility index (Phi) is 14.7. The highest BCUT2D eigenvalue weighted by Gasteiger charge is 2.59. The summed E-state index contributed by atoms with van der Waals surface area (Å²) in [5.41, 5.74) is 0. The zero-order chi connectivity index (χ0) is 33.5. The van der Waals surface area contributed by atoms with Crippen LogP contribution >= 0.6 is 0 Å². The molecule has 0 aliphatic carbocycles. The molecule has 2 aliphatic heterocycles. The maximum Gasteiger partial charge on any atom is 0.364 e. The number of hydrogen-bond donors (Lipinski definition) is 13. The first-order valence-corrected chi connectivity index (χ1v) is 14.0. The molecule has 2 rings (SSSR count). The molecule has 0 aromatic heterocycles. The van der Waals surface area contributed by atoms with Gasteiger partial charge in [0, 0.05) is 13.3 Å². The van der Waals surface area contributed by atoms with Crippen molar-refractivity contribution in [1.29, 1.82) is 0 Å². The second-order valence-electron chi connectivity index (χ2n) is 10.9. The third-order valence-corrected chi connectivity index (χ3v) is 7.51. The van der Waals surface area contributed by atoms with E-state index in [-0.39, 0.29) is 6.42 Å². The van der Waals surface area contributed by atoms with Crippen molar-refractivity contribution in [3.05, 3.63) is 0 Å². The van der Waals surface area contributed by atoms with Crippen molar-refractivity contribution >= 4 is 11.9 Å². The summed E-state index contributed by atoms with van der Waals surface area (Å²) in [5.74, 6) is -5.74. The van der Waals surface area contributed by atoms with Crippen LogP contribution in [0.1, 0.15) is 33.1 Å². The largest absolute Gasteiger partial charge is 0.477 e. The van der Waals surface area contributed by atoms with Crippen LogP contribution in [0.2, 0.25) is 0 Å². The minimum Gasteiger partial charge on any atom is -0.477 e. The smallest absolute Gasteiger partial charge is 0.364 e. The molecular formula is C25H45NO18. The summed E-state index contributed by atoms with van der Waals surface area (Å²) >= 11 is 0. The second-order valence-corrected chi connectivity index (χ2v) is 10.9. The number of carboxylic acid groups (broad SMARTS) is 1. The molecule has 0 aromatic carbocycles. The van der Waals surface area contributed by atoms with Gasteiger partial charge in [-0.2, -0.15) is 0 Å². The molecule has 2 saturated heterocycles. The van der Waals surface area contributed by atoms with E-state index in [2.05, 4.69) is 5.32 Å². The fourth-order valence-electron chi connectivity index (χ4n) is 5.12. The number of carbonyl (C=O) groups excluding carboxylic acids is 1. The van der Waals surface area contributed by atoms with E-state index in [1.165, 1.54) is 0 Å². The molecule has 0 aromatic rings. The van der Waals surface area contributed by atoms with Crippen LogP contribution in [0.15, 0.2) is 0 Å². The molecule has 19 heteroatoms. The Bertz CT molecular complexity index is 914. The van der Waals surface area contributed by atoms with Gasteiger partial charge in [-0.05, 0) is 6.42 Å². The van der Waals surface area contributed by atoms with Gasteiger partial charge in [0.15, 0.2) is 6.29 Å². The molecule has 13 N–H and O–H groups in total. The lowest BCUT2D eigenvalue weighted by atomic mass is 9.88. The Hall–Kier alpha value is -1.66. The monoisotopic (exact) mass is 647 g/mol.